The van der Waals surface area contributed by atoms with Gasteiger partial charge in [0.05, 0.1) is 13.2 Å². The maximum absolute atomic E-state index is 12.0. The minimum Gasteiger partial charge on any atom is -0.490 e. The van der Waals surface area contributed by atoms with E-state index >= 15 is 0 Å². The summed E-state index contributed by atoms with van der Waals surface area (Å²) in [6.07, 6.45) is 1.65. The Hall–Kier alpha value is -2.69. The van der Waals surface area contributed by atoms with Gasteiger partial charge in [-0.2, -0.15) is 0 Å². The van der Waals surface area contributed by atoms with Crippen molar-refractivity contribution in [3.8, 4) is 17.2 Å². The van der Waals surface area contributed by atoms with Crippen molar-refractivity contribution < 1.29 is 19.0 Å². The Labute approximate surface area is 161 Å². The van der Waals surface area contributed by atoms with Crippen LogP contribution >= 0.6 is 0 Å². The van der Waals surface area contributed by atoms with Crippen LogP contribution < -0.4 is 19.5 Å². The molecule has 2 aromatic carbocycles. The molecule has 0 radical (unpaired) electrons. The summed E-state index contributed by atoms with van der Waals surface area (Å²) in [5.74, 6) is 2.07. The molecule has 5 nitrogen and oxygen atoms in total. The summed E-state index contributed by atoms with van der Waals surface area (Å²) in [6.45, 7) is 7.70. The second-order valence-corrected chi connectivity index (χ2v) is 6.04. The zero-order valence-electron chi connectivity index (χ0n) is 16.4. The Kier molecular flexibility index (Phi) is 8.49. The van der Waals surface area contributed by atoms with Gasteiger partial charge in [-0.25, -0.2) is 0 Å². The Balaban J connectivity index is 1.79. The molecule has 0 spiro atoms. The Bertz CT molecular complexity index is 730. The lowest BCUT2D eigenvalue weighted by Crippen LogP contribution is -2.30. The van der Waals surface area contributed by atoms with Gasteiger partial charge in [-0.1, -0.05) is 25.1 Å². The summed E-state index contributed by atoms with van der Waals surface area (Å²) >= 11 is 0. The van der Waals surface area contributed by atoms with E-state index in [1.165, 1.54) is 5.56 Å². The van der Waals surface area contributed by atoms with Crippen molar-refractivity contribution in [3.63, 3.8) is 0 Å². The largest absolute Gasteiger partial charge is 0.490 e. The standard InChI is InChI=1S/C22H29NO4/c1-4-17-8-7-9-19(14-17)27-16-22(24)23-13-12-18-10-11-20(25-5-2)21(15-18)26-6-3/h7-11,14-15H,4-6,12-13,16H2,1-3H3,(H,23,24). The van der Waals surface area contributed by atoms with Gasteiger partial charge in [-0.05, 0) is 62.1 Å². The molecule has 0 aliphatic heterocycles. The van der Waals surface area contributed by atoms with Gasteiger partial charge in [-0.15, -0.1) is 0 Å². The van der Waals surface area contributed by atoms with Gasteiger partial charge in [0.2, 0.25) is 0 Å². The molecule has 0 unspecified atom stereocenters. The van der Waals surface area contributed by atoms with Crippen molar-refractivity contribution in [2.24, 2.45) is 0 Å². The number of hydrogen-bond acceptors (Lipinski definition) is 4. The highest BCUT2D eigenvalue weighted by Crippen LogP contribution is 2.28. The van der Waals surface area contributed by atoms with E-state index in [9.17, 15) is 4.79 Å². The zero-order valence-corrected chi connectivity index (χ0v) is 16.4. The molecule has 0 heterocycles. The Morgan fingerprint density at radius 1 is 0.889 bits per heavy atom. The average molecular weight is 371 g/mol. The van der Waals surface area contributed by atoms with E-state index in [1.807, 2.05) is 56.3 Å². The third-order valence-electron chi connectivity index (χ3n) is 4.02. The molecule has 0 atom stereocenters. The van der Waals surface area contributed by atoms with E-state index < -0.39 is 0 Å². The van der Waals surface area contributed by atoms with Crippen LogP contribution in [0.5, 0.6) is 17.2 Å². The number of rotatable bonds is 11. The maximum Gasteiger partial charge on any atom is 0.257 e. The summed E-state index contributed by atoms with van der Waals surface area (Å²) < 4.78 is 16.8. The Morgan fingerprint density at radius 2 is 1.67 bits per heavy atom. The highest BCUT2D eigenvalue weighted by Gasteiger charge is 2.07. The summed E-state index contributed by atoms with van der Waals surface area (Å²) in [5, 5.41) is 2.89. The van der Waals surface area contributed by atoms with Gasteiger partial charge in [0.1, 0.15) is 5.75 Å². The highest BCUT2D eigenvalue weighted by molar-refractivity contribution is 5.77. The van der Waals surface area contributed by atoms with E-state index in [2.05, 4.69) is 12.2 Å². The second kappa shape index (κ2) is 11.1. The van der Waals surface area contributed by atoms with Crippen molar-refractivity contribution in [3.05, 3.63) is 53.6 Å². The Morgan fingerprint density at radius 3 is 2.41 bits per heavy atom. The van der Waals surface area contributed by atoms with Gasteiger partial charge in [0.25, 0.3) is 5.91 Å². The number of aryl methyl sites for hydroxylation is 1. The van der Waals surface area contributed by atoms with E-state index in [0.29, 0.717) is 26.2 Å². The summed E-state index contributed by atoms with van der Waals surface area (Å²) in [5.41, 5.74) is 2.27. The molecule has 5 heteroatoms. The van der Waals surface area contributed by atoms with E-state index in [4.69, 9.17) is 14.2 Å². The molecule has 1 amide bonds. The number of hydrogen-bond donors (Lipinski definition) is 1. The topological polar surface area (TPSA) is 56.8 Å². The molecule has 0 saturated carbocycles. The number of amides is 1. The molecule has 0 saturated heterocycles. The van der Waals surface area contributed by atoms with Gasteiger partial charge in [0.15, 0.2) is 18.1 Å². The fourth-order valence-electron chi connectivity index (χ4n) is 2.65. The predicted molar refractivity (Wildman–Crippen MR) is 107 cm³/mol. The molecule has 27 heavy (non-hydrogen) atoms. The monoisotopic (exact) mass is 371 g/mol. The molecule has 1 N–H and O–H groups in total. The summed E-state index contributed by atoms with van der Waals surface area (Å²) in [7, 11) is 0. The first-order valence-corrected chi connectivity index (χ1v) is 9.53. The number of carbonyl (C=O) groups is 1. The number of benzene rings is 2. The molecule has 0 aliphatic rings. The van der Waals surface area contributed by atoms with E-state index in [1.54, 1.807) is 0 Å². The smallest absolute Gasteiger partial charge is 0.257 e. The molecule has 2 aromatic rings. The molecule has 0 aromatic heterocycles. The number of ether oxygens (including phenoxy) is 3. The minimum atomic E-state index is -0.132. The fourth-order valence-corrected chi connectivity index (χ4v) is 2.65. The summed E-state index contributed by atoms with van der Waals surface area (Å²) in [6, 6.07) is 13.7. The van der Waals surface area contributed by atoms with Crippen molar-refractivity contribution >= 4 is 5.91 Å². The first-order valence-electron chi connectivity index (χ1n) is 9.53. The molecular formula is C22H29NO4. The minimum absolute atomic E-state index is 0.0145. The number of carbonyl (C=O) groups excluding carboxylic acids is 1. The van der Waals surface area contributed by atoms with Crippen molar-refractivity contribution in [2.75, 3.05) is 26.4 Å². The molecule has 0 fully saturated rings. The molecule has 2 rings (SSSR count). The van der Waals surface area contributed by atoms with Gasteiger partial charge in [0, 0.05) is 6.54 Å². The van der Waals surface area contributed by atoms with Gasteiger partial charge < -0.3 is 19.5 Å². The molecule has 0 aliphatic carbocycles. The molecule has 0 bridgehead atoms. The van der Waals surface area contributed by atoms with E-state index in [0.717, 1.165) is 29.2 Å². The van der Waals surface area contributed by atoms with Crippen LogP contribution in [-0.4, -0.2) is 32.3 Å². The quantitative estimate of drug-likeness (QED) is 0.653. The molecular weight excluding hydrogens is 342 g/mol. The van der Waals surface area contributed by atoms with Crippen molar-refractivity contribution in [1.82, 2.24) is 5.32 Å². The lowest BCUT2D eigenvalue weighted by Gasteiger charge is -2.13. The third kappa shape index (κ3) is 6.85. The van der Waals surface area contributed by atoms with Crippen LogP contribution in [0.1, 0.15) is 31.9 Å². The van der Waals surface area contributed by atoms with Crippen LogP contribution in [0, 0.1) is 0 Å². The lowest BCUT2D eigenvalue weighted by molar-refractivity contribution is -0.123. The molecule has 146 valence electrons. The zero-order chi connectivity index (χ0) is 19.5. The van der Waals surface area contributed by atoms with Crippen LogP contribution in [-0.2, 0) is 17.6 Å². The lowest BCUT2D eigenvalue weighted by atomic mass is 10.1. The van der Waals surface area contributed by atoms with Crippen LogP contribution in [0.15, 0.2) is 42.5 Å². The number of nitrogens with one attached hydrogen (secondary N) is 1. The van der Waals surface area contributed by atoms with Crippen LogP contribution in [0.25, 0.3) is 0 Å². The van der Waals surface area contributed by atoms with Gasteiger partial charge in [-0.3, -0.25) is 4.79 Å². The van der Waals surface area contributed by atoms with Crippen LogP contribution in [0.3, 0.4) is 0 Å². The highest BCUT2D eigenvalue weighted by atomic mass is 16.5. The van der Waals surface area contributed by atoms with Gasteiger partial charge >= 0.3 is 0 Å². The maximum atomic E-state index is 12.0. The van der Waals surface area contributed by atoms with Crippen LogP contribution in [0.2, 0.25) is 0 Å². The van der Waals surface area contributed by atoms with Crippen molar-refractivity contribution in [2.45, 2.75) is 33.6 Å². The summed E-state index contributed by atoms with van der Waals surface area (Å²) in [4.78, 5) is 12.0. The van der Waals surface area contributed by atoms with E-state index in [-0.39, 0.29) is 12.5 Å². The third-order valence-corrected chi connectivity index (χ3v) is 4.02. The fraction of sp³-hybridized carbons (Fsp3) is 0.409. The SMILES string of the molecule is CCOc1ccc(CCNC(=O)COc2cccc(CC)c2)cc1OCC. The second-order valence-electron chi connectivity index (χ2n) is 6.04. The first kappa shape index (κ1) is 20.6. The van der Waals surface area contributed by atoms with Crippen molar-refractivity contribution in [1.29, 1.82) is 0 Å². The predicted octanol–water partition coefficient (Wildman–Crippen LogP) is 3.78. The van der Waals surface area contributed by atoms with Crippen LogP contribution in [0.4, 0.5) is 0 Å². The average Bonchev–Trinajstić information content (AvgIpc) is 2.69. The first-order chi connectivity index (χ1) is 13.2. The normalized spacial score (nSPS) is 10.3.